The van der Waals surface area contributed by atoms with Gasteiger partial charge >= 0.3 is 6.36 Å². The van der Waals surface area contributed by atoms with Crippen LogP contribution in [0, 0.1) is 0 Å². The molecule has 3 aromatic rings. The summed E-state index contributed by atoms with van der Waals surface area (Å²) in [6.45, 7) is 4.33. The van der Waals surface area contributed by atoms with E-state index in [2.05, 4.69) is 20.3 Å². The maximum Gasteiger partial charge on any atom is 0.573 e. The molecular formula is C24H25F3N6O3. The van der Waals surface area contributed by atoms with Crippen LogP contribution in [-0.4, -0.2) is 59.7 Å². The number of hydrogen-bond donors (Lipinski definition) is 3. The Kier molecular flexibility index (Phi) is 6.46. The number of fused-ring (bicyclic) bond motifs is 1. The molecule has 1 atom stereocenters. The van der Waals surface area contributed by atoms with Crippen LogP contribution < -0.4 is 25.8 Å². The molecular weight excluding hydrogens is 477 g/mol. The summed E-state index contributed by atoms with van der Waals surface area (Å²) in [5.41, 5.74) is 8.14. The number of hydrogen-bond acceptors (Lipinski definition) is 7. The smallest absolute Gasteiger partial charge is 0.457 e. The first kappa shape index (κ1) is 23.9. The monoisotopic (exact) mass is 502 g/mol. The molecule has 1 fully saturated rings. The molecule has 0 bridgehead atoms. The number of anilines is 1. The Labute approximate surface area is 205 Å². The van der Waals surface area contributed by atoms with Crippen LogP contribution in [0.3, 0.4) is 0 Å². The summed E-state index contributed by atoms with van der Waals surface area (Å²) in [6.07, 6.45) is -3.88. The maximum atomic E-state index is 12.4. The summed E-state index contributed by atoms with van der Waals surface area (Å²) < 4.78 is 48.2. The summed E-state index contributed by atoms with van der Waals surface area (Å²) in [6, 6.07) is 12.0. The molecule has 0 radical (unpaired) electrons. The number of amides is 1. The minimum Gasteiger partial charge on any atom is -0.457 e. The first-order chi connectivity index (χ1) is 17.3. The number of nitrogens with zero attached hydrogens (tertiary/aromatic N) is 3. The zero-order chi connectivity index (χ0) is 25.3. The molecule has 0 aliphatic carbocycles. The van der Waals surface area contributed by atoms with Gasteiger partial charge in [0.05, 0.1) is 17.4 Å². The van der Waals surface area contributed by atoms with E-state index in [0.29, 0.717) is 35.1 Å². The summed E-state index contributed by atoms with van der Waals surface area (Å²) in [5.74, 6) is -0.122. The van der Waals surface area contributed by atoms with Crippen LogP contribution in [0.5, 0.6) is 17.2 Å². The molecule has 2 aromatic carbocycles. The number of alkyl halides is 3. The van der Waals surface area contributed by atoms with Crippen molar-refractivity contribution in [3.63, 3.8) is 0 Å². The topological polar surface area (TPSA) is 107 Å². The number of piperazine rings is 1. The predicted molar refractivity (Wildman–Crippen MR) is 126 cm³/mol. The second-order valence-corrected chi connectivity index (χ2v) is 8.52. The number of rotatable bonds is 6. The SMILES string of the molecule is NC(=O)c1c2c(nn1-c1ccc(Oc3ccc(OC(F)(F)F)cc3)cc1)[C@@H](N1CCNCC1)CCN2. The van der Waals surface area contributed by atoms with Crippen molar-refractivity contribution in [3.05, 3.63) is 59.9 Å². The molecule has 36 heavy (non-hydrogen) atoms. The number of nitrogens with two attached hydrogens (primary N) is 1. The van der Waals surface area contributed by atoms with Crippen LogP contribution in [-0.2, 0) is 0 Å². The Bertz CT molecular complexity index is 1220. The molecule has 12 heteroatoms. The largest absolute Gasteiger partial charge is 0.573 e. The summed E-state index contributed by atoms with van der Waals surface area (Å²) in [5, 5.41) is 11.5. The lowest BCUT2D eigenvalue weighted by atomic mass is 10.0. The Morgan fingerprint density at radius 2 is 1.58 bits per heavy atom. The van der Waals surface area contributed by atoms with Crippen molar-refractivity contribution in [2.45, 2.75) is 18.8 Å². The zero-order valence-corrected chi connectivity index (χ0v) is 19.2. The van der Waals surface area contributed by atoms with Gasteiger partial charge < -0.3 is 25.8 Å². The Balaban J connectivity index is 1.37. The van der Waals surface area contributed by atoms with Gasteiger partial charge in [-0.05, 0) is 55.0 Å². The van der Waals surface area contributed by atoms with E-state index >= 15 is 0 Å². The van der Waals surface area contributed by atoms with Gasteiger partial charge in [-0.15, -0.1) is 13.2 Å². The standard InChI is InChI=1S/C24H25F3N6O3/c25-24(26,27)36-18-7-5-17(6-8-18)35-16-3-1-15(2-4-16)33-22(23(28)34)21-20(31-33)19(9-10-30-21)32-13-11-29-12-14-32/h1-8,19,29-30H,9-14H2,(H2,28,34)/t19-/m0/s1. The van der Waals surface area contributed by atoms with Crippen molar-refractivity contribution < 1.29 is 27.4 Å². The van der Waals surface area contributed by atoms with Crippen molar-refractivity contribution in [2.24, 2.45) is 5.73 Å². The maximum absolute atomic E-state index is 12.4. The number of carbonyl (C=O) groups is 1. The van der Waals surface area contributed by atoms with Crippen molar-refractivity contribution >= 4 is 11.6 Å². The van der Waals surface area contributed by atoms with Gasteiger partial charge in [0.2, 0.25) is 0 Å². The van der Waals surface area contributed by atoms with E-state index in [0.717, 1.165) is 38.3 Å². The molecule has 2 aliphatic heterocycles. The van der Waals surface area contributed by atoms with E-state index in [1.165, 1.54) is 24.3 Å². The second-order valence-electron chi connectivity index (χ2n) is 8.52. The summed E-state index contributed by atoms with van der Waals surface area (Å²) in [7, 11) is 0. The van der Waals surface area contributed by atoms with Gasteiger partial charge in [-0.3, -0.25) is 9.69 Å². The van der Waals surface area contributed by atoms with Gasteiger partial charge in [0.15, 0.2) is 5.69 Å². The van der Waals surface area contributed by atoms with E-state index < -0.39 is 12.3 Å². The number of ether oxygens (including phenoxy) is 2. The highest BCUT2D eigenvalue weighted by atomic mass is 19.4. The van der Waals surface area contributed by atoms with Gasteiger partial charge in [-0.25, -0.2) is 4.68 Å². The lowest BCUT2D eigenvalue weighted by molar-refractivity contribution is -0.274. The molecule has 1 amide bonds. The molecule has 5 rings (SSSR count). The van der Waals surface area contributed by atoms with Crippen molar-refractivity contribution in [1.29, 1.82) is 0 Å². The van der Waals surface area contributed by atoms with Gasteiger partial charge in [0, 0.05) is 32.7 Å². The lowest BCUT2D eigenvalue weighted by Crippen LogP contribution is -2.46. The van der Waals surface area contributed by atoms with Gasteiger partial charge in [-0.1, -0.05) is 0 Å². The third-order valence-corrected chi connectivity index (χ3v) is 6.15. The first-order valence-corrected chi connectivity index (χ1v) is 11.5. The number of aromatic nitrogens is 2. The molecule has 0 unspecified atom stereocenters. The molecule has 9 nitrogen and oxygen atoms in total. The first-order valence-electron chi connectivity index (χ1n) is 11.5. The Morgan fingerprint density at radius 3 is 2.19 bits per heavy atom. The van der Waals surface area contributed by atoms with E-state index in [1.807, 2.05) is 0 Å². The average Bonchev–Trinajstić information content (AvgIpc) is 3.25. The Morgan fingerprint density at radius 1 is 0.972 bits per heavy atom. The second kappa shape index (κ2) is 9.70. The molecule has 1 aromatic heterocycles. The molecule has 0 saturated carbocycles. The lowest BCUT2D eigenvalue weighted by Gasteiger charge is -2.36. The molecule has 0 spiro atoms. The summed E-state index contributed by atoms with van der Waals surface area (Å²) in [4.78, 5) is 14.8. The van der Waals surface area contributed by atoms with E-state index in [-0.39, 0.29) is 11.8 Å². The fourth-order valence-electron chi connectivity index (χ4n) is 4.58. The normalized spacial score (nSPS) is 18.2. The number of halogens is 3. The van der Waals surface area contributed by atoms with Crippen molar-refractivity contribution in [3.8, 4) is 22.9 Å². The van der Waals surface area contributed by atoms with Gasteiger partial charge in [0.25, 0.3) is 5.91 Å². The predicted octanol–water partition coefficient (Wildman–Crippen LogP) is 3.42. The number of primary amides is 1. The number of nitrogens with one attached hydrogen (secondary N) is 2. The highest BCUT2D eigenvalue weighted by Gasteiger charge is 2.34. The van der Waals surface area contributed by atoms with Crippen LogP contribution in [0.1, 0.15) is 28.6 Å². The highest BCUT2D eigenvalue weighted by molar-refractivity contribution is 5.98. The van der Waals surface area contributed by atoms with E-state index in [1.54, 1.807) is 28.9 Å². The van der Waals surface area contributed by atoms with Crippen LogP contribution in [0.2, 0.25) is 0 Å². The van der Waals surface area contributed by atoms with Crippen LogP contribution >= 0.6 is 0 Å². The minimum absolute atomic E-state index is 0.0922. The quantitative estimate of drug-likeness (QED) is 0.474. The molecule has 3 heterocycles. The van der Waals surface area contributed by atoms with E-state index in [4.69, 9.17) is 15.6 Å². The number of benzene rings is 2. The number of carbonyl (C=O) groups excluding carboxylic acids is 1. The molecule has 1 saturated heterocycles. The van der Waals surface area contributed by atoms with Crippen LogP contribution in [0.4, 0.5) is 18.9 Å². The zero-order valence-electron chi connectivity index (χ0n) is 19.2. The molecule has 4 N–H and O–H groups in total. The van der Waals surface area contributed by atoms with E-state index in [9.17, 15) is 18.0 Å². The third-order valence-electron chi connectivity index (χ3n) is 6.15. The fraction of sp³-hybridized carbons (Fsp3) is 0.333. The molecule has 2 aliphatic rings. The van der Waals surface area contributed by atoms with Gasteiger partial charge in [-0.2, -0.15) is 5.10 Å². The average molecular weight is 502 g/mol. The van der Waals surface area contributed by atoms with Crippen LogP contribution in [0.25, 0.3) is 5.69 Å². The minimum atomic E-state index is -4.76. The highest BCUT2D eigenvalue weighted by Crippen LogP contribution is 2.37. The Hall–Kier alpha value is -3.77. The van der Waals surface area contributed by atoms with Crippen molar-refractivity contribution in [1.82, 2.24) is 20.0 Å². The molecule has 190 valence electrons. The third kappa shape index (κ3) is 5.09. The van der Waals surface area contributed by atoms with Gasteiger partial charge in [0.1, 0.15) is 22.9 Å². The van der Waals surface area contributed by atoms with Crippen LogP contribution in [0.15, 0.2) is 48.5 Å². The van der Waals surface area contributed by atoms with Crippen molar-refractivity contribution in [2.75, 3.05) is 38.0 Å². The summed E-state index contributed by atoms with van der Waals surface area (Å²) >= 11 is 0. The fourth-order valence-corrected chi connectivity index (χ4v) is 4.58.